The second-order valence-corrected chi connectivity index (χ2v) is 9.40. The van der Waals surface area contributed by atoms with Crippen LogP contribution in [0.5, 0.6) is 0 Å². The van der Waals surface area contributed by atoms with Crippen molar-refractivity contribution in [3.8, 4) is 5.95 Å². The summed E-state index contributed by atoms with van der Waals surface area (Å²) in [7, 11) is -3.63. The normalized spacial score (nSPS) is 13.8. The molecule has 2 aromatic heterocycles. The van der Waals surface area contributed by atoms with Crippen LogP contribution in [0.4, 0.5) is 0 Å². The van der Waals surface area contributed by atoms with Crippen LogP contribution in [0.15, 0.2) is 84.0 Å². The van der Waals surface area contributed by atoms with Crippen molar-refractivity contribution in [1.82, 2.24) is 25.1 Å². The summed E-state index contributed by atoms with van der Waals surface area (Å²) in [6.45, 7) is 1.25. The van der Waals surface area contributed by atoms with Crippen LogP contribution in [0.2, 0.25) is 0 Å². The average Bonchev–Trinajstić information content (AvgIpc) is 3.32. The number of hydrogen-bond acceptors (Lipinski definition) is 5. The van der Waals surface area contributed by atoms with Crippen LogP contribution in [0.3, 0.4) is 0 Å². The number of carbonyl (C=O) groups excluding carboxylic acids is 1. The first kappa shape index (κ1) is 21.4. The van der Waals surface area contributed by atoms with E-state index in [4.69, 9.17) is 0 Å². The summed E-state index contributed by atoms with van der Waals surface area (Å²) in [5.41, 5.74) is 0.339. The number of aromatic amines is 1. The van der Waals surface area contributed by atoms with Crippen LogP contribution in [0, 0.1) is 0 Å². The molecule has 0 radical (unpaired) electrons. The maximum absolute atomic E-state index is 13.1. The number of rotatable bonds is 6. The van der Waals surface area contributed by atoms with Crippen molar-refractivity contribution in [2.45, 2.75) is 6.04 Å². The standard InChI is InChI=1S/C22H20N5O4P/c1-32(30,31)18-11-6-5-10-16(18)19(15-8-3-2-4-9-15)25-20(28)17-14-23-22(26-21(17)29)27-13-7-12-24-27/h2-14,19H,1H3,(H,25,28)(H,30,31)(H,23,26,29)/t19-/m1/s1. The van der Waals surface area contributed by atoms with E-state index in [1.54, 1.807) is 60.8 Å². The first-order valence-corrected chi connectivity index (χ1v) is 11.8. The van der Waals surface area contributed by atoms with E-state index in [-0.39, 0.29) is 16.8 Å². The molecule has 2 aromatic carbocycles. The first-order valence-electron chi connectivity index (χ1n) is 9.69. The van der Waals surface area contributed by atoms with Gasteiger partial charge in [0.2, 0.25) is 13.3 Å². The Bertz CT molecular complexity index is 1350. The molecule has 4 rings (SSSR count). The highest BCUT2D eigenvalue weighted by Gasteiger charge is 2.26. The van der Waals surface area contributed by atoms with Crippen LogP contribution in [0.25, 0.3) is 5.95 Å². The molecule has 0 saturated carbocycles. The van der Waals surface area contributed by atoms with Crippen LogP contribution in [0.1, 0.15) is 27.5 Å². The molecule has 0 fully saturated rings. The van der Waals surface area contributed by atoms with Gasteiger partial charge in [0.15, 0.2) is 0 Å². The molecular weight excluding hydrogens is 429 g/mol. The molecule has 0 bridgehead atoms. The number of H-pyrrole nitrogens is 1. The van der Waals surface area contributed by atoms with Crippen LogP contribution < -0.4 is 16.2 Å². The highest BCUT2D eigenvalue weighted by atomic mass is 31.2. The molecule has 0 spiro atoms. The maximum atomic E-state index is 13.1. The van der Waals surface area contributed by atoms with E-state index in [0.29, 0.717) is 11.1 Å². The molecule has 2 heterocycles. The molecule has 3 N–H and O–H groups in total. The molecule has 0 aliphatic heterocycles. The fourth-order valence-corrected chi connectivity index (χ4v) is 4.41. The molecule has 1 amide bonds. The van der Waals surface area contributed by atoms with Gasteiger partial charge >= 0.3 is 0 Å². The van der Waals surface area contributed by atoms with Crippen LogP contribution in [-0.2, 0) is 4.57 Å². The van der Waals surface area contributed by atoms with Crippen molar-refractivity contribution in [3.63, 3.8) is 0 Å². The molecular formula is C22H20N5O4P. The first-order chi connectivity index (χ1) is 15.3. The van der Waals surface area contributed by atoms with Gasteiger partial charge in [-0.3, -0.25) is 19.1 Å². The zero-order chi connectivity index (χ0) is 22.7. The van der Waals surface area contributed by atoms with Gasteiger partial charge < -0.3 is 10.2 Å². The lowest BCUT2D eigenvalue weighted by atomic mass is 9.98. The van der Waals surface area contributed by atoms with Crippen LogP contribution in [-0.4, -0.2) is 37.2 Å². The smallest absolute Gasteiger partial charge is 0.265 e. The molecule has 0 aliphatic carbocycles. The zero-order valence-electron chi connectivity index (χ0n) is 17.0. The van der Waals surface area contributed by atoms with Crippen molar-refractivity contribution in [1.29, 1.82) is 0 Å². The Morgan fingerprint density at radius 1 is 1.12 bits per heavy atom. The molecule has 2 atom stereocenters. The number of nitrogens with one attached hydrogen (secondary N) is 2. The molecule has 0 saturated heterocycles. The Kier molecular flexibility index (Phi) is 5.85. The van der Waals surface area contributed by atoms with E-state index >= 15 is 0 Å². The minimum absolute atomic E-state index is 0.175. The van der Waals surface area contributed by atoms with Gasteiger partial charge in [-0.1, -0.05) is 48.5 Å². The molecule has 1 unspecified atom stereocenters. The van der Waals surface area contributed by atoms with E-state index < -0.39 is 24.9 Å². The average molecular weight is 449 g/mol. The van der Waals surface area contributed by atoms with Gasteiger partial charge in [0.05, 0.1) is 6.04 Å². The van der Waals surface area contributed by atoms with E-state index in [0.717, 1.165) is 0 Å². The van der Waals surface area contributed by atoms with Gasteiger partial charge in [-0.25, -0.2) is 9.67 Å². The Balaban J connectivity index is 1.73. The molecule has 10 heteroatoms. The lowest BCUT2D eigenvalue weighted by Crippen LogP contribution is -2.35. The summed E-state index contributed by atoms with van der Waals surface area (Å²) in [5.74, 6) is -0.494. The number of nitrogens with zero attached hydrogens (tertiary/aromatic N) is 3. The fourth-order valence-electron chi connectivity index (χ4n) is 3.36. The third kappa shape index (κ3) is 4.44. The summed E-state index contributed by atoms with van der Waals surface area (Å²) in [5, 5.41) is 7.05. The van der Waals surface area contributed by atoms with Gasteiger partial charge in [-0.05, 0) is 23.3 Å². The minimum Gasteiger partial charge on any atom is -0.341 e. The summed E-state index contributed by atoms with van der Waals surface area (Å²) in [6.07, 6.45) is 4.32. The van der Waals surface area contributed by atoms with Gasteiger partial charge in [0, 0.05) is 30.6 Å². The fraction of sp³-hybridized carbons (Fsp3) is 0.0909. The second-order valence-electron chi connectivity index (χ2n) is 7.16. The SMILES string of the molecule is CP(=O)(O)c1ccccc1[C@H](NC(=O)c1cnc(-n2cccn2)[nH]c1=O)c1ccccc1. The van der Waals surface area contributed by atoms with Crippen molar-refractivity contribution in [2.75, 3.05) is 6.66 Å². The molecule has 4 aromatic rings. The summed E-state index contributed by atoms with van der Waals surface area (Å²) >= 11 is 0. The zero-order valence-corrected chi connectivity index (χ0v) is 17.9. The Hall–Kier alpha value is -3.81. The number of carbonyl (C=O) groups is 1. The predicted octanol–water partition coefficient (Wildman–Crippen LogP) is 2.00. The van der Waals surface area contributed by atoms with Crippen molar-refractivity contribution < 1.29 is 14.3 Å². The predicted molar refractivity (Wildman–Crippen MR) is 120 cm³/mol. The lowest BCUT2D eigenvalue weighted by molar-refractivity contribution is 0.0941. The van der Waals surface area contributed by atoms with E-state index in [1.807, 2.05) is 6.07 Å². The van der Waals surface area contributed by atoms with Gasteiger partial charge in [-0.15, -0.1) is 0 Å². The summed E-state index contributed by atoms with van der Waals surface area (Å²) in [6, 6.07) is 16.6. The van der Waals surface area contributed by atoms with E-state index in [2.05, 4.69) is 20.4 Å². The summed E-state index contributed by atoms with van der Waals surface area (Å²) in [4.78, 5) is 42.5. The molecule has 162 valence electrons. The largest absolute Gasteiger partial charge is 0.341 e. The summed E-state index contributed by atoms with van der Waals surface area (Å²) < 4.78 is 13.9. The maximum Gasteiger partial charge on any atom is 0.265 e. The highest BCUT2D eigenvalue weighted by Crippen LogP contribution is 2.38. The number of benzene rings is 2. The minimum atomic E-state index is -3.63. The number of amides is 1. The van der Waals surface area contributed by atoms with Crippen LogP contribution >= 0.6 is 7.37 Å². The third-order valence-electron chi connectivity index (χ3n) is 4.86. The molecule has 32 heavy (non-hydrogen) atoms. The second kappa shape index (κ2) is 8.74. The molecule has 0 aliphatic rings. The van der Waals surface area contributed by atoms with Crippen molar-refractivity contribution in [2.24, 2.45) is 0 Å². The highest BCUT2D eigenvalue weighted by molar-refractivity contribution is 7.65. The topological polar surface area (TPSA) is 130 Å². The Labute approximate surface area is 183 Å². The molecule has 9 nitrogen and oxygen atoms in total. The van der Waals surface area contributed by atoms with Crippen molar-refractivity contribution in [3.05, 3.63) is 106 Å². The third-order valence-corrected chi connectivity index (χ3v) is 6.16. The van der Waals surface area contributed by atoms with Gasteiger partial charge in [-0.2, -0.15) is 5.10 Å². The van der Waals surface area contributed by atoms with Gasteiger partial charge in [0.1, 0.15) is 5.56 Å². The Morgan fingerprint density at radius 3 is 2.50 bits per heavy atom. The monoisotopic (exact) mass is 449 g/mol. The quantitative estimate of drug-likeness (QED) is 0.386. The van der Waals surface area contributed by atoms with Crippen molar-refractivity contribution >= 4 is 18.6 Å². The van der Waals surface area contributed by atoms with E-state index in [1.165, 1.54) is 23.7 Å². The number of aromatic nitrogens is 4. The Morgan fingerprint density at radius 2 is 1.84 bits per heavy atom. The van der Waals surface area contributed by atoms with Gasteiger partial charge in [0.25, 0.3) is 11.5 Å². The number of hydrogen-bond donors (Lipinski definition) is 3. The van der Waals surface area contributed by atoms with E-state index in [9.17, 15) is 19.0 Å². The lowest BCUT2D eigenvalue weighted by Gasteiger charge is -2.23.